The largest absolute Gasteiger partial charge is 0.496 e. The second-order valence-corrected chi connectivity index (χ2v) is 7.02. The Morgan fingerprint density at radius 3 is 2.79 bits per heavy atom. The van der Waals surface area contributed by atoms with Crippen molar-refractivity contribution in [2.45, 2.75) is 33.4 Å². The molecule has 1 amide bonds. The van der Waals surface area contributed by atoms with E-state index in [1.165, 1.54) is 7.11 Å². The molecule has 0 saturated carbocycles. The van der Waals surface area contributed by atoms with Crippen LogP contribution in [0.25, 0.3) is 11.0 Å². The highest BCUT2D eigenvalue weighted by atomic mass is 16.5. The first kappa shape index (κ1) is 20.6. The van der Waals surface area contributed by atoms with Crippen molar-refractivity contribution in [1.29, 1.82) is 0 Å². The molecule has 8 nitrogen and oxygen atoms in total. The van der Waals surface area contributed by atoms with Crippen LogP contribution in [0.3, 0.4) is 0 Å². The number of ether oxygens (including phenoxy) is 2. The zero-order valence-electron chi connectivity index (χ0n) is 17.3. The molecule has 3 aromatic heterocycles. The molecule has 0 saturated heterocycles. The lowest BCUT2D eigenvalue weighted by molar-refractivity contribution is 0.0951. The molecule has 3 heterocycles. The van der Waals surface area contributed by atoms with E-state index < -0.39 is 0 Å². The molecule has 0 aromatic carbocycles. The van der Waals surface area contributed by atoms with Gasteiger partial charge in [0.05, 0.1) is 37.4 Å². The lowest BCUT2D eigenvalue weighted by Crippen LogP contribution is -2.28. The van der Waals surface area contributed by atoms with Gasteiger partial charge in [-0.05, 0) is 39.0 Å². The van der Waals surface area contributed by atoms with Crippen molar-refractivity contribution in [3.05, 3.63) is 57.3 Å². The van der Waals surface area contributed by atoms with Crippen LogP contribution in [0.15, 0.2) is 29.2 Å². The number of carbonyl (C=O) groups is 1. The van der Waals surface area contributed by atoms with E-state index in [2.05, 4.69) is 15.3 Å². The molecule has 1 unspecified atom stereocenters. The summed E-state index contributed by atoms with van der Waals surface area (Å²) in [4.78, 5) is 32.6. The number of aryl methyl sites for hydroxylation is 1. The third-order valence-corrected chi connectivity index (χ3v) is 4.96. The van der Waals surface area contributed by atoms with Gasteiger partial charge in [0.1, 0.15) is 11.4 Å². The number of hydrogen-bond donors (Lipinski definition) is 2. The van der Waals surface area contributed by atoms with Crippen LogP contribution < -0.4 is 15.6 Å². The summed E-state index contributed by atoms with van der Waals surface area (Å²) in [6.07, 6.45) is 1.70. The van der Waals surface area contributed by atoms with E-state index in [-0.39, 0.29) is 24.1 Å². The minimum atomic E-state index is -0.281. The number of hydrogen-bond acceptors (Lipinski definition) is 5. The first-order chi connectivity index (χ1) is 13.9. The number of amides is 1. The Morgan fingerprint density at radius 1 is 1.34 bits per heavy atom. The number of aromatic amines is 1. The van der Waals surface area contributed by atoms with Gasteiger partial charge in [0, 0.05) is 30.1 Å². The minimum Gasteiger partial charge on any atom is -0.496 e. The third-order valence-electron chi connectivity index (χ3n) is 4.96. The molecule has 0 aliphatic rings. The van der Waals surface area contributed by atoms with E-state index in [9.17, 15) is 9.59 Å². The Balaban J connectivity index is 1.97. The summed E-state index contributed by atoms with van der Waals surface area (Å²) in [6, 6.07) is 5.42. The van der Waals surface area contributed by atoms with Gasteiger partial charge in [-0.3, -0.25) is 9.59 Å². The SMILES string of the molecule is COCC(C)n1c(C)c(C(=O)NCc2c(OC)cc(C)[nH]c2=O)c2cccnc21. The fraction of sp³-hybridized carbons (Fsp3) is 0.381. The van der Waals surface area contributed by atoms with Gasteiger partial charge in [-0.15, -0.1) is 0 Å². The van der Waals surface area contributed by atoms with Crippen molar-refractivity contribution in [2.24, 2.45) is 0 Å². The number of fused-ring (bicyclic) bond motifs is 1. The Morgan fingerprint density at radius 2 is 2.10 bits per heavy atom. The zero-order chi connectivity index (χ0) is 21.1. The second-order valence-electron chi connectivity index (χ2n) is 7.02. The first-order valence-corrected chi connectivity index (χ1v) is 9.38. The molecule has 0 fully saturated rings. The van der Waals surface area contributed by atoms with Crippen LogP contribution in [-0.2, 0) is 11.3 Å². The van der Waals surface area contributed by atoms with Gasteiger partial charge in [0.2, 0.25) is 0 Å². The van der Waals surface area contributed by atoms with Crippen LogP contribution in [0.1, 0.15) is 40.3 Å². The molecule has 3 aromatic rings. The predicted molar refractivity (Wildman–Crippen MR) is 111 cm³/mol. The highest BCUT2D eigenvalue weighted by molar-refractivity contribution is 6.07. The van der Waals surface area contributed by atoms with Crippen LogP contribution in [0.5, 0.6) is 5.75 Å². The van der Waals surface area contributed by atoms with Crippen LogP contribution in [0, 0.1) is 13.8 Å². The summed E-state index contributed by atoms with van der Waals surface area (Å²) in [5, 5.41) is 3.62. The summed E-state index contributed by atoms with van der Waals surface area (Å²) in [7, 11) is 3.14. The average molecular weight is 398 g/mol. The average Bonchev–Trinajstić information content (AvgIpc) is 2.98. The lowest BCUT2D eigenvalue weighted by atomic mass is 10.1. The number of H-pyrrole nitrogens is 1. The maximum Gasteiger partial charge on any atom is 0.256 e. The van der Waals surface area contributed by atoms with Crippen molar-refractivity contribution in [1.82, 2.24) is 19.9 Å². The molecule has 2 N–H and O–H groups in total. The molecule has 3 rings (SSSR count). The number of aromatic nitrogens is 3. The Labute approximate surface area is 168 Å². The molecule has 0 bridgehead atoms. The summed E-state index contributed by atoms with van der Waals surface area (Å²) < 4.78 is 12.6. The van der Waals surface area contributed by atoms with E-state index in [0.717, 1.165) is 16.7 Å². The molecule has 0 aliphatic carbocycles. The molecule has 0 spiro atoms. The molecule has 0 radical (unpaired) electrons. The number of rotatable bonds is 7. The second kappa shape index (κ2) is 8.48. The number of nitrogens with zero attached hydrogens (tertiary/aromatic N) is 2. The summed E-state index contributed by atoms with van der Waals surface area (Å²) in [6.45, 7) is 6.24. The van der Waals surface area contributed by atoms with Crippen molar-refractivity contribution >= 4 is 16.9 Å². The van der Waals surface area contributed by atoms with Gasteiger partial charge in [0.25, 0.3) is 11.5 Å². The maximum atomic E-state index is 13.1. The van der Waals surface area contributed by atoms with Crippen molar-refractivity contribution < 1.29 is 14.3 Å². The minimum absolute atomic E-state index is 0.0130. The monoisotopic (exact) mass is 398 g/mol. The molecule has 1 atom stereocenters. The molecular formula is C21H26N4O4. The molecular weight excluding hydrogens is 372 g/mol. The number of nitrogens with one attached hydrogen (secondary N) is 2. The van der Waals surface area contributed by atoms with Gasteiger partial charge in [-0.1, -0.05) is 0 Å². The van der Waals surface area contributed by atoms with Crippen LogP contribution >= 0.6 is 0 Å². The number of methoxy groups -OCH3 is 2. The van der Waals surface area contributed by atoms with Crippen molar-refractivity contribution in [3.63, 3.8) is 0 Å². The molecule has 0 aliphatic heterocycles. The quantitative estimate of drug-likeness (QED) is 0.637. The van der Waals surface area contributed by atoms with E-state index in [1.807, 2.05) is 24.5 Å². The third kappa shape index (κ3) is 3.88. The van der Waals surface area contributed by atoms with E-state index in [0.29, 0.717) is 29.2 Å². The summed E-state index contributed by atoms with van der Waals surface area (Å²) in [5.74, 6) is 0.173. The zero-order valence-corrected chi connectivity index (χ0v) is 17.3. The Bertz CT molecular complexity index is 1100. The summed E-state index contributed by atoms with van der Waals surface area (Å²) in [5.41, 5.74) is 2.85. The van der Waals surface area contributed by atoms with Crippen LogP contribution in [-0.4, -0.2) is 41.3 Å². The highest BCUT2D eigenvalue weighted by Gasteiger charge is 2.23. The Kier molecular flexibility index (Phi) is 6.03. The lowest BCUT2D eigenvalue weighted by Gasteiger charge is -2.16. The predicted octanol–water partition coefficient (Wildman–Crippen LogP) is 2.49. The van der Waals surface area contributed by atoms with Crippen LogP contribution in [0.4, 0.5) is 0 Å². The number of carbonyl (C=O) groups excluding carboxylic acids is 1. The van der Waals surface area contributed by atoms with Gasteiger partial charge >= 0.3 is 0 Å². The number of pyridine rings is 2. The maximum absolute atomic E-state index is 13.1. The van der Waals surface area contributed by atoms with Crippen LogP contribution in [0.2, 0.25) is 0 Å². The van der Waals surface area contributed by atoms with Gasteiger partial charge in [-0.2, -0.15) is 0 Å². The van der Waals surface area contributed by atoms with E-state index in [1.54, 1.807) is 32.4 Å². The summed E-state index contributed by atoms with van der Waals surface area (Å²) >= 11 is 0. The van der Waals surface area contributed by atoms with Gasteiger partial charge < -0.3 is 24.3 Å². The molecule has 29 heavy (non-hydrogen) atoms. The van der Waals surface area contributed by atoms with Crippen molar-refractivity contribution in [3.8, 4) is 5.75 Å². The normalized spacial score (nSPS) is 12.2. The van der Waals surface area contributed by atoms with Gasteiger partial charge in [-0.25, -0.2) is 4.98 Å². The van der Waals surface area contributed by atoms with Gasteiger partial charge in [0.15, 0.2) is 0 Å². The smallest absolute Gasteiger partial charge is 0.256 e. The molecule has 8 heteroatoms. The topological polar surface area (TPSA) is 98.2 Å². The van der Waals surface area contributed by atoms with E-state index in [4.69, 9.17) is 9.47 Å². The fourth-order valence-electron chi connectivity index (χ4n) is 3.69. The molecule has 154 valence electrons. The highest BCUT2D eigenvalue weighted by Crippen LogP contribution is 2.28. The fourth-order valence-corrected chi connectivity index (χ4v) is 3.69. The Hall–Kier alpha value is -3.13. The standard InChI is InChI=1S/C21H26N4O4/c1-12-9-17(29-5)16(20(26)24-12)10-23-21(27)18-14(3)25(13(2)11-28-4)19-15(18)7-6-8-22-19/h6-9,13H,10-11H2,1-5H3,(H,23,27)(H,24,26). The first-order valence-electron chi connectivity index (χ1n) is 9.38. The van der Waals surface area contributed by atoms with Crippen molar-refractivity contribution in [2.75, 3.05) is 20.8 Å². The van der Waals surface area contributed by atoms with E-state index >= 15 is 0 Å².